The monoisotopic (exact) mass is 418 g/mol. The van der Waals surface area contributed by atoms with Crippen molar-refractivity contribution in [2.75, 3.05) is 38.6 Å². The van der Waals surface area contributed by atoms with Crippen LogP contribution in [0, 0.1) is 6.92 Å². The number of benzene rings is 2. The van der Waals surface area contributed by atoms with Gasteiger partial charge in [0.2, 0.25) is 0 Å². The average molecular weight is 419 g/mol. The summed E-state index contributed by atoms with van der Waals surface area (Å²) in [5.41, 5.74) is 3.25. The minimum absolute atomic E-state index is 0.302. The standard InChI is InChI=1S/C24H26N4OS/c1-17-14-20-23(25-21-10-6-7-11-22(21)26-24(20)30-17)28-13-12-27(2)18(15-28)16-29-19-8-4-3-5-9-19/h3-11,14,18,26H,12-13,15-16H2,1-2H3/t18-/m1/s1. The molecule has 0 bridgehead atoms. The molecule has 0 unspecified atom stereocenters. The second-order valence-corrected chi connectivity index (χ2v) is 9.14. The number of nitrogens with one attached hydrogen (secondary N) is 1. The molecule has 1 N–H and O–H groups in total. The van der Waals surface area contributed by atoms with Crippen molar-refractivity contribution in [3.63, 3.8) is 0 Å². The molecule has 1 atom stereocenters. The Labute approximate surface area is 181 Å². The molecule has 2 aromatic carbocycles. The van der Waals surface area contributed by atoms with E-state index in [1.807, 2.05) is 36.4 Å². The van der Waals surface area contributed by atoms with E-state index in [9.17, 15) is 0 Å². The number of amidine groups is 1. The molecule has 2 aliphatic rings. The van der Waals surface area contributed by atoms with Crippen LogP contribution in [0.2, 0.25) is 0 Å². The van der Waals surface area contributed by atoms with Gasteiger partial charge in [-0.1, -0.05) is 30.3 Å². The van der Waals surface area contributed by atoms with Gasteiger partial charge >= 0.3 is 0 Å². The summed E-state index contributed by atoms with van der Waals surface area (Å²) in [5.74, 6) is 1.98. The van der Waals surface area contributed by atoms with Gasteiger partial charge in [0.1, 0.15) is 23.2 Å². The summed E-state index contributed by atoms with van der Waals surface area (Å²) >= 11 is 1.79. The summed E-state index contributed by atoms with van der Waals surface area (Å²) < 4.78 is 6.09. The molecule has 0 spiro atoms. The molecular weight excluding hydrogens is 392 g/mol. The van der Waals surface area contributed by atoms with Crippen LogP contribution in [0.5, 0.6) is 5.75 Å². The molecule has 5 rings (SSSR count). The number of ether oxygens (including phenoxy) is 1. The predicted molar refractivity (Wildman–Crippen MR) is 125 cm³/mol. The van der Waals surface area contributed by atoms with Crippen molar-refractivity contribution < 1.29 is 4.74 Å². The van der Waals surface area contributed by atoms with Crippen LogP contribution in [0.25, 0.3) is 0 Å². The first kappa shape index (κ1) is 19.2. The van der Waals surface area contributed by atoms with Gasteiger partial charge in [0.15, 0.2) is 0 Å². The van der Waals surface area contributed by atoms with Crippen molar-refractivity contribution in [3.8, 4) is 5.75 Å². The number of anilines is 2. The lowest BCUT2D eigenvalue weighted by molar-refractivity contribution is 0.0969. The molecular formula is C24H26N4OS. The summed E-state index contributed by atoms with van der Waals surface area (Å²) in [6, 6.07) is 20.9. The largest absolute Gasteiger partial charge is 0.492 e. The van der Waals surface area contributed by atoms with Gasteiger partial charge in [-0.2, -0.15) is 0 Å². The molecule has 1 saturated heterocycles. The average Bonchev–Trinajstić information content (AvgIpc) is 3.05. The third-order valence-corrected chi connectivity index (χ3v) is 6.70. The Morgan fingerprint density at radius 3 is 2.77 bits per heavy atom. The number of aryl methyl sites for hydroxylation is 1. The Balaban J connectivity index is 1.42. The van der Waals surface area contributed by atoms with Gasteiger partial charge in [0.05, 0.1) is 23.0 Å². The maximum absolute atomic E-state index is 6.09. The van der Waals surface area contributed by atoms with E-state index < -0.39 is 0 Å². The summed E-state index contributed by atoms with van der Waals surface area (Å²) in [6.07, 6.45) is 0. The molecule has 1 aromatic heterocycles. The Hall–Kier alpha value is -2.83. The highest BCUT2D eigenvalue weighted by Crippen LogP contribution is 2.39. The van der Waals surface area contributed by atoms with E-state index in [1.54, 1.807) is 11.3 Å². The Bertz CT molecular complexity index is 1060. The van der Waals surface area contributed by atoms with Crippen molar-refractivity contribution in [1.82, 2.24) is 9.80 Å². The van der Waals surface area contributed by atoms with Crippen molar-refractivity contribution in [2.24, 2.45) is 4.99 Å². The number of thiophene rings is 1. The zero-order valence-corrected chi connectivity index (χ0v) is 18.2. The fourth-order valence-corrected chi connectivity index (χ4v) is 4.94. The lowest BCUT2D eigenvalue weighted by Gasteiger charge is -2.40. The number of hydrogen-bond donors (Lipinski definition) is 1. The number of hydrogen-bond acceptors (Lipinski definition) is 6. The minimum atomic E-state index is 0.302. The molecule has 0 radical (unpaired) electrons. The quantitative estimate of drug-likeness (QED) is 0.658. The van der Waals surface area contributed by atoms with Crippen LogP contribution in [0.15, 0.2) is 65.7 Å². The van der Waals surface area contributed by atoms with E-state index in [-0.39, 0.29) is 0 Å². The second kappa shape index (κ2) is 8.13. The number of fused-ring (bicyclic) bond motifs is 2. The summed E-state index contributed by atoms with van der Waals surface area (Å²) in [7, 11) is 2.18. The van der Waals surface area contributed by atoms with Crippen LogP contribution in [0.4, 0.5) is 16.4 Å². The predicted octanol–water partition coefficient (Wildman–Crippen LogP) is 4.89. The van der Waals surface area contributed by atoms with Crippen LogP contribution in [-0.4, -0.2) is 55.0 Å². The highest BCUT2D eigenvalue weighted by molar-refractivity contribution is 7.16. The van der Waals surface area contributed by atoms with Gasteiger partial charge in [-0.15, -0.1) is 11.3 Å². The fraction of sp³-hybridized carbons (Fsp3) is 0.292. The normalized spacial score (nSPS) is 18.7. The van der Waals surface area contributed by atoms with Gasteiger partial charge < -0.3 is 15.0 Å². The lowest BCUT2D eigenvalue weighted by atomic mass is 10.1. The number of likely N-dealkylation sites (N-methyl/N-ethyl adjacent to an activating group) is 1. The third kappa shape index (κ3) is 3.80. The van der Waals surface area contributed by atoms with Crippen molar-refractivity contribution in [2.45, 2.75) is 13.0 Å². The first-order chi connectivity index (χ1) is 14.7. The minimum Gasteiger partial charge on any atom is -0.492 e. The fourth-order valence-electron chi connectivity index (χ4n) is 4.02. The molecule has 154 valence electrons. The topological polar surface area (TPSA) is 40.1 Å². The molecule has 2 aliphatic heterocycles. The summed E-state index contributed by atoms with van der Waals surface area (Å²) in [5, 5.41) is 4.78. The van der Waals surface area contributed by atoms with Crippen LogP contribution in [0.3, 0.4) is 0 Å². The highest BCUT2D eigenvalue weighted by Gasteiger charge is 2.30. The molecule has 0 aliphatic carbocycles. The first-order valence-corrected chi connectivity index (χ1v) is 11.2. The van der Waals surface area contributed by atoms with Crippen LogP contribution < -0.4 is 10.1 Å². The number of piperazine rings is 1. The van der Waals surface area contributed by atoms with E-state index in [1.165, 1.54) is 15.4 Å². The van der Waals surface area contributed by atoms with Gasteiger partial charge in [0.25, 0.3) is 0 Å². The van der Waals surface area contributed by atoms with Gasteiger partial charge in [-0.3, -0.25) is 4.90 Å². The second-order valence-electron chi connectivity index (χ2n) is 7.88. The Morgan fingerprint density at radius 2 is 1.90 bits per heavy atom. The van der Waals surface area contributed by atoms with E-state index in [0.29, 0.717) is 12.6 Å². The Morgan fingerprint density at radius 1 is 1.10 bits per heavy atom. The number of aliphatic imine (C=N–C) groups is 1. The zero-order valence-electron chi connectivity index (χ0n) is 17.3. The first-order valence-electron chi connectivity index (χ1n) is 10.4. The SMILES string of the molecule is Cc1cc2c(s1)Nc1ccccc1N=C2N1CCN(C)[C@@H](COc2ccccc2)C1. The lowest BCUT2D eigenvalue weighted by Crippen LogP contribution is -2.55. The molecule has 3 heterocycles. The number of nitrogens with zero attached hydrogens (tertiary/aromatic N) is 3. The third-order valence-electron chi connectivity index (χ3n) is 5.74. The molecule has 6 heteroatoms. The highest BCUT2D eigenvalue weighted by atomic mass is 32.1. The van der Waals surface area contributed by atoms with Crippen LogP contribution in [0.1, 0.15) is 10.4 Å². The molecule has 3 aromatic rings. The van der Waals surface area contributed by atoms with E-state index >= 15 is 0 Å². The van der Waals surface area contributed by atoms with Gasteiger partial charge in [-0.05, 0) is 44.3 Å². The van der Waals surface area contributed by atoms with E-state index in [4.69, 9.17) is 9.73 Å². The van der Waals surface area contributed by atoms with Crippen LogP contribution >= 0.6 is 11.3 Å². The van der Waals surface area contributed by atoms with Gasteiger partial charge in [0, 0.05) is 24.5 Å². The summed E-state index contributed by atoms with van der Waals surface area (Å²) in [4.78, 5) is 11.2. The maximum Gasteiger partial charge on any atom is 0.139 e. The number of para-hydroxylation sites is 3. The smallest absolute Gasteiger partial charge is 0.139 e. The van der Waals surface area contributed by atoms with E-state index in [0.717, 1.165) is 42.6 Å². The molecule has 1 fully saturated rings. The molecule has 0 amide bonds. The summed E-state index contributed by atoms with van der Waals surface area (Å²) in [6.45, 7) is 5.64. The molecule has 5 nitrogen and oxygen atoms in total. The maximum atomic E-state index is 6.09. The number of rotatable bonds is 3. The Kier molecular flexibility index (Phi) is 5.19. The molecule has 0 saturated carbocycles. The molecule has 30 heavy (non-hydrogen) atoms. The van der Waals surface area contributed by atoms with Gasteiger partial charge in [-0.25, -0.2) is 4.99 Å². The van der Waals surface area contributed by atoms with Crippen molar-refractivity contribution in [3.05, 3.63) is 71.1 Å². The van der Waals surface area contributed by atoms with Crippen LogP contribution in [-0.2, 0) is 0 Å². The van der Waals surface area contributed by atoms with Crippen molar-refractivity contribution in [1.29, 1.82) is 0 Å². The van der Waals surface area contributed by atoms with E-state index in [2.05, 4.69) is 53.4 Å². The zero-order chi connectivity index (χ0) is 20.5. The van der Waals surface area contributed by atoms with Crippen molar-refractivity contribution >= 4 is 33.5 Å².